The fourth-order valence-corrected chi connectivity index (χ4v) is 3.53. The first-order chi connectivity index (χ1) is 11.4. The van der Waals surface area contributed by atoms with Crippen molar-refractivity contribution >= 4 is 33.2 Å². The standard InChI is InChI=1S/C19H20BrN3O/c1-5-15-17(23-10-14(20)9-13(4)18(23)21-15)19(24)22-16-11(2)7-6-8-12(16)3/h6-10H,5H2,1-4H3,(H,22,24). The summed E-state index contributed by atoms with van der Waals surface area (Å²) in [6.45, 7) is 8.01. The minimum Gasteiger partial charge on any atom is -0.320 e. The maximum Gasteiger partial charge on any atom is 0.274 e. The number of carbonyl (C=O) groups excluding carboxylic acids is 1. The number of fused-ring (bicyclic) bond motifs is 1. The Hall–Kier alpha value is -2.14. The fraction of sp³-hybridized carbons (Fsp3) is 0.263. The van der Waals surface area contributed by atoms with Gasteiger partial charge in [0.25, 0.3) is 5.91 Å². The van der Waals surface area contributed by atoms with E-state index in [2.05, 4.69) is 26.2 Å². The van der Waals surface area contributed by atoms with Crippen LogP contribution in [0.5, 0.6) is 0 Å². The molecule has 1 aromatic carbocycles. The van der Waals surface area contributed by atoms with Crippen LogP contribution >= 0.6 is 15.9 Å². The number of carbonyl (C=O) groups is 1. The van der Waals surface area contributed by atoms with Crippen molar-refractivity contribution in [2.24, 2.45) is 0 Å². The minimum atomic E-state index is -0.130. The molecule has 0 unspecified atom stereocenters. The van der Waals surface area contributed by atoms with Crippen molar-refractivity contribution in [3.63, 3.8) is 0 Å². The third kappa shape index (κ3) is 2.84. The Morgan fingerprint density at radius 2 is 1.88 bits per heavy atom. The molecule has 0 atom stereocenters. The largest absolute Gasteiger partial charge is 0.320 e. The predicted molar refractivity (Wildman–Crippen MR) is 101 cm³/mol. The van der Waals surface area contributed by atoms with Crippen LogP contribution < -0.4 is 5.32 Å². The molecule has 1 N–H and O–H groups in total. The topological polar surface area (TPSA) is 46.4 Å². The van der Waals surface area contributed by atoms with Gasteiger partial charge in [-0.05, 0) is 65.9 Å². The molecule has 1 amide bonds. The van der Waals surface area contributed by atoms with E-state index in [9.17, 15) is 4.79 Å². The molecule has 4 nitrogen and oxygen atoms in total. The lowest BCUT2D eigenvalue weighted by molar-refractivity contribution is 0.102. The van der Waals surface area contributed by atoms with E-state index in [1.54, 1.807) is 0 Å². The van der Waals surface area contributed by atoms with E-state index in [1.165, 1.54) is 0 Å². The number of anilines is 1. The molecular formula is C19H20BrN3O. The summed E-state index contributed by atoms with van der Waals surface area (Å²) >= 11 is 3.51. The monoisotopic (exact) mass is 385 g/mol. The molecule has 2 heterocycles. The second kappa shape index (κ2) is 6.40. The van der Waals surface area contributed by atoms with Gasteiger partial charge in [0.2, 0.25) is 0 Å². The first-order valence-corrected chi connectivity index (χ1v) is 8.76. The van der Waals surface area contributed by atoms with E-state index in [0.29, 0.717) is 12.1 Å². The molecule has 2 aromatic heterocycles. The van der Waals surface area contributed by atoms with Gasteiger partial charge in [0.05, 0.1) is 5.69 Å². The van der Waals surface area contributed by atoms with E-state index in [1.807, 2.05) is 62.6 Å². The van der Waals surface area contributed by atoms with E-state index in [4.69, 9.17) is 0 Å². The van der Waals surface area contributed by atoms with Crippen LogP contribution in [0.25, 0.3) is 5.65 Å². The molecule has 0 fully saturated rings. The van der Waals surface area contributed by atoms with E-state index < -0.39 is 0 Å². The average Bonchev–Trinajstić information content (AvgIpc) is 2.89. The summed E-state index contributed by atoms with van der Waals surface area (Å²) in [5.41, 5.74) is 6.22. The minimum absolute atomic E-state index is 0.130. The van der Waals surface area contributed by atoms with Crippen molar-refractivity contribution in [1.82, 2.24) is 9.38 Å². The van der Waals surface area contributed by atoms with Crippen molar-refractivity contribution in [1.29, 1.82) is 0 Å². The molecule has 0 aliphatic carbocycles. The second-order valence-corrected chi connectivity index (χ2v) is 6.93. The first-order valence-electron chi connectivity index (χ1n) is 7.97. The Morgan fingerprint density at radius 1 is 1.21 bits per heavy atom. The number of aromatic nitrogens is 2. The molecule has 0 bridgehead atoms. The van der Waals surface area contributed by atoms with Crippen LogP contribution in [0.15, 0.2) is 34.9 Å². The number of hydrogen-bond acceptors (Lipinski definition) is 2. The summed E-state index contributed by atoms with van der Waals surface area (Å²) < 4.78 is 2.80. The van der Waals surface area contributed by atoms with Gasteiger partial charge in [-0.3, -0.25) is 9.20 Å². The van der Waals surface area contributed by atoms with Crippen molar-refractivity contribution in [3.05, 3.63) is 63.0 Å². The third-order valence-corrected chi connectivity index (χ3v) is 4.65. The first kappa shape index (κ1) is 16.7. The third-order valence-electron chi connectivity index (χ3n) is 4.21. The average molecular weight is 386 g/mol. The molecule has 3 aromatic rings. The Balaban J connectivity index is 2.13. The van der Waals surface area contributed by atoms with E-state index in [0.717, 1.165) is 38.2 Å². The van der Waals surface area contributed by atoms with Gasteiger partial charge < -0.3 is 5.32 Å². The lowest BCUT2D eigenvalue weighted by Crippen LogP contribution is -2.17. The van der Waals surface area contributed by atoms with E-state index >= 15 is 0 Å². The molecule has 24 heavy (non-hydrogen) atoms. The molecule has 0 radical (unpaired) electrons. The van der Waals surface area contributed by atoms with Crippen LogP contribution in [0.1, 0.15) is 39.8 Å². The van der Waals surface area contributed by atoms with Gasteiger partial charge in [-0.2, -0.15) is 0 Å². The molecule has 3 rings (SSSR count). The van der Waals surface area contributed by atoms with Crippen LogP contribution in [0, 0.1) is 20.8 Å². The van der Waals surface area contributed by atoms with Gasteiger partial charge in [0, 0.05) is 16.4 Å². The molecule has 0 saturated heterocycles. The van der Waals surface area contributed by atoms with Gasteiger partial charge in [0.15, 0.2) is 0 Å². The number of rotatable bonds is 3. The van der Waals surface area contributed by atoms with Crippen molar-refractivity contribution < 1.29 is 4.79 Å². The van der Waals surface area contributed by atoms with Gasteiger partial charge in [-0.1, -0.05) is 25.1 Å². The second-order valence-electron chi connectivity index (χ2n) is 6.02. The normalized spacial score (nSPS) is 11.0. The quantitative estimate of drug-likeness (QED) is 0.701. The molecular weight excluding hydrogens is 366 g/mol. The highest BCUT2D eigenvalue weighted by Crippen LogP contribution is 2.24. The van der Waals surface area contributed by atoms with Crippen LogP contribution in [-0.4, -0.2) is 15.3 Å². The SMILES string of the molecule is CCc1nc2c(C)cc(Br)cn2c1C(=O)Nc1c(C)cccc1C. The van der Waals surface area contributed by atoms with Crippen molar-refractivity contribution in [3.8, 4) is 0 Å². The maximum absolute atomic E-state index is 13.0. The number of para-hydroxylation sites is 1. The Labute approximate surface area is 150 Å². The number of halogens is 1. The highest BCUT2D eigenvalue weighted by atomic mass is 79.9. The van der Waals surface area contributed by atoms with Crippen LogP contribution in [-0.2, 0) is 6.42 Å². The summed E-state index contributed by atoms with van der Waals surface area (Å²) in [6.07, 6.45) is 2.60. The lowest BCUT2D eigenvalue weighted by atomic mass is 10.1. The van der Waals surface area contributed by atoms with Crippen LogP contribution in [0.3, 0.4) is 0 Å². The van der Waals surface area contributed by atoms with Gasteiger partial charge in [0.1, 0.15) is 11.3 Å². The Bertz CT molecular complexity index is 923. The zero-order valence-corrected chi connectivity index (χ0v) is 15.9. The molecule has 0 spiro atoms. The fourth-order valence-electron chi connectivity index (χ4n) is 2.99. The number of aryl methyl sites for hydroxylation is 4. The lowest BCUT2D eigenvalue weighted by Gasteiger charge is -2.12. The van der Waals surface area contributed by atoms with Crippen LogP contribution in [0.4, 0.5) is 5.69 Å². The van der Waals surface area contributed by atoms with Gasteiger partial charge >= 0.3 is 0 Å². The maximum atomic E-state index is 13.0. The summed E-state index contributed by atoms with van der Waals surface area (Å²) in [5, 5.41) is 3.07. The zero-order chi connectivity index (χ0) is 17.4. The Morgan fingerprint density at radius 3 is 2.50 bits per heavy atom. The van der Waals surface area contributed by atoms with Crippen molar-refractivity contribution in [2.45, 2.75) is 34.1 Å². The predicted octanol–water partition coefficient (Wildman–Crippen LogP) is 4.84. The van der Waals surface area contributed by atoms with Gasteiger partial charge in [-0.15, -0.1) is 0 Å². The molecule has 0 aliphatic rings. The van der Waals surface area contributed by atoms with Gasteiger partial charge in [-0.25, -0.2) is 4.98 Å². The zero-order valence-electron chi connectivity index (χ0n) is 14.3. The highest BCUT2D eigenvalue weighted by molar-refractivity contribution is 9.10. The molecule has 124 valence electrons. The van der Waals surface area contributed by atoms with Crippen LogP contribution in [0.2, 0.25) is 0 Å². The smallest absolute Gasteiger partial charge is 0.274 e. The number of imidazole rings is 1. The molecule has 0 aliphatic heterocycles. The number of amides is 1. The highest BCUT2D eigenvalue weighted by Gasteiger charge is 2.20. The number of pyridine rings is 1. The Kier molecular flexibility index (Phi) is 4.45. The number of nitrogens with zero attached hydrogens (tertiary/aromatic N) is 2. The summed E-state index contributed by atoms with van der Waals surface area (Å²) in [7, 11) is 0. The number of hydrogen-bond donors (Lipinski definition) is 1. The van der Waals surface area contributed by atoms with Crippen molar-refractivity contribution in [2.75, 3.05) is 5.32 Å². The summed E-state index contributed by atoms with van der Waals surface area (Å²) in [5.74, 6) is -0.130. The molecule has 5 heteroatoms. The van der Waals surface area contributed by atoms with E-state index in [-0.39, 0.29) is 5.91 Å². The molecule has 0 saturated carbocycles. The number of nitrogens with one attached hydrogen (secondary N) is 1. The number of benzene rings is 1. The summed E-state index contributed by atoms with van der Waals surface area (Å²) in [6, 6.07) is 8.00. The summed E-state index contributed by atoms with van der Waals surface area (Å²) in [4.78, 5) is 17.7.